The molecule has 0 saturated heterocycles. The summed E-state index contributed by atoms with van der Waals surface area (Å²) >= 11 is 0. The summed E-state index contributed by atoms with van der Waals surface area (Å²) in [6.45, 7) is 2.00. The maximum atomic E-state index is 13.8. The summed E-state index contributed by atoms with van der Waals surface area (Å²) in [7, 11) is 0. The summed E-state index contributed by atoms with van der Waals surface area (Å²) in [4.78, 5) is 19.9. The molecule has 160 valence electrons. The Bertz CT molecular complexity index is 1190. The quantitative estimate of drug-likeness (QED) is 0.305. The van der Waals surface area contributed by atoms with Crippen molar-refractivity contribution in [3.63, 3.8) is 0 Å². The second kappa shape index (κ2) is 9.56. The van der Waals surface area contributed by atoms with Crippen LogP contribution >= 0.6 is 0 Å². The molecule has 0 amide bonds. The molecule has 0 fully saturated rings. The zero-order chi connectivity index (χ0) is 22.5. The lowest BCUT2D eigenvalue weighted by Gasteiger charge is -2.23. The summed E-state index contributed by atoms with van der Waals surface area (Å²) in [6.07, 6.45) is 5.25. The Labute approximate surface area is 185 Å². The van der Waals surface area contributed by atoms with E-state index in [1.807, 2.05) is 55.5 Å². The molecule has 32 heavy (non-hydrogen) atoms. The zero-order valence-electron chi connectivity index (χ0n) is 17.5. The number of aryl methyl sites for hydroxylation is 1. The van der Waals surface area contributed by atoms with E-state index in [1.165, 1.54) is 18.5 Å². The Kier molecular flexibility index (Phi) is 6.40. The van der Waals surface area contributed by atoms with Crippen LogP contribution in [0.25, 0.3) is 11.1 Å². The van der Waals surface area contributed by atoms with Crippen LogP contribution in [0, 0.1) is 23.5 Å². The highest BCUT2D eigenvalue weighted by molar-refractivity contribution is 5.62. The lowest BCUT2D eigenvalue weighted by molar-refractivity contribution is 0.555. The third kappa shape index (κ3) is 4.75. The van der Waals surface area contributed by atoms with Gasteiger partial charge in [-0.25, -0.2) is 18.7 Å². The van der Waals surface area contributed by atoms with Gasteiger partial charge in [0.2, 0.25) is 0 Å². The summed E-state index contributed by atoms with van der Waals surface area (Å²) in [6, 6.07) is 18.1. The van der Waals surface area contributed by atoms with E-state index in [2.05, 4.69) is 15.1 Å². The molecule has 1 aromatic heterocycles. The number of halogens is 2. The predicted molar refractivity (Wildman–Crippen MR) is 120 cm³/mol. The summed E-state index contributed by atoms with van der Waals surface area (Å²) in [5, 5.41) is 3.23. The Morgan fingerprint density at radius 3 is 2.12 bits per heavy atom. The van der Waals surface area contributed by atoms with Crippen molar-refractivity contribution < 1.29 is 8.78 Å². The van der Waals surface area contributed by atoms with Gasteiger partial charge in [-0.05, 0) is 53.3 Å². The first-order valence-electron chi connectivity index (χ1n) is 10.2. The van der Waals surface area contributed by atoms with Crippen LogP contribution in [-0.4, -0.2) is 9.97 Å². The molecule has 0 N–H and O–H groups in total. The molecule has 4 rings (SSSR count). The Morgan fingerprint density at radius 1 is 0.844 bits per heavy atom. The fraction of sp³-hybridized carbons (Fsp3) is 0.154. The van der Waals surface area contributed by atoms with Gasteiger partial charge >= 0.3 is 0 Å². The predicted octanol–water partition coefficient (Wildman–Crippen LogP) is 6.76. The first-order valence-corrected chi connectivity index (χ1v) is 10.2. The molecule has 0 aliphatic heterocycles. The van der Waals surface area contributed by atoms with E-state index in [-0.39, 0.29) is 17.9 Å². The number of rotatable bonds is 7. The lowest BCUT2D eigenvalue weighted by Crippen LogP contribution is -2.09. The molecule has 0 saturated carbocycles. The van der Waals surface area contributed by atoms with Crippen LogP contribution in [-0.2, 0) is 0 Å². The average molecular weight is 429 g/mol. The van der Waals surface area contributed by atoms with Gasteiger partial charge in [-0.3, -0.25) is 0 Å². The summed E-state index contributed by atoms with van der Waals surface area (Å²) in [5.41, 5.74) is 5.17. The van der Waals surface area contributed by atoms with Gasteiger partial charge < -0.3 is 0 Å². The minimum Gasteiger partial charge on any atom is -0.244 e. The summed E-state index contributed by atoms with van der Waals surface area (Å²) in [5.74, 6) is -1.64. The van der Waals surface area contributed by atoms with Gasteiger partial charge in [0, 0.05) is 29.9 Å². The van der Waals surface area contributed by atoms with Crippen LogP contribution in [0.15, 0.2) is 90.6 Å². The maximum Gasteiger partial charge on any atom is 0.126 e. The highest BCUT2D eigenvalue weighted by atomic mass is 19.1. The Morgan fingerprint density at radius 2 is 1.50 bits per heavy atom. The largest absolute Gasteiger partial charge is 0.244 e. The number of nitrogens with zero attached hydrogens (tertiary/aromatic N) is 3. The van der Waals surface area contributed by atoms with Crippen molar-refractivity contribution in [3.05, 3.63) is 124 Å². The molecule has 2 atom stereocenters. The van der Waals surface area contributed by atoms with Crippen LogP contribution in [0.1, 0.15) is 40.6 Å². The highest BCUT2D eigenvalue weighted by Crippen LogP contribution is 2.38. The number of benzene rings is 3. The molecular formula is C26H21F2N3O. The first-order chi connectivity index (χ1) is 15.5. The highest BCUT2D eigenvalue weighted by Gasteiger charge is 2.24. The van der Waals surface area contributed by atoms with Crippen LogP contribution < -0.4 is 0 Å². The number of hydrogen-bond donors (Lipinski definition) is 0. The minimum absolute atomic E-state index is 0.189. The molecule has 0 aliphatic rings. The van der Waals surface area contributed by atoms with E-state index in [4.69, 9.17) is 0 Å². The maximum absolute atomic E-state index is 13.8. The van der Waals surface area contributed by atoms with Crippen molar-refractivity contribution in [1.29, 1.82) is 0 Å². The lowest BCUT2D eigenvalue weighted by atomic mass is 9.82. The standard InChI is InChI=1S/C26H21F2N3O/c1-17-4-2-3-5-24(17)25(13-26(31-32)20-10-22(27)12-23(28)11-20)19-8-6-18(7-9-19)21-14-29-16-30-15-21/h2-12,14-16,25-26H,13H2,1H3. The van der Waals surface area contributed by atoms with Crippen molar-refractivity contribution in [3.8, 4) is 11.1 Å². The molecule has 4 aromatic rings. The van der Waals surface area contributed by atoms with Crippen LogP contribution in [0.3, 0.4) is 0 Å². The number of hydrogen-bond acceptors (Lipinski definition) is 4. The molecule has 0 aliphatic carbocycles. The van der Waals surface area contributed by atoms with Gasteiger partial charge in [-0.15, -0.1) is 0 Å². The molecule has 3 aromatic carbocycles. The van der Waals surface area contributed by atoms with Gasteiger partial charge in [0.15, 0.2) is 0 Å². The van der Waals surface area contributed by atoms with Crippen molar-refractivity contribution in [2.24, 2.45) is 5.18 Å². The fourth-order valence-corrected chi connectivity index (χ4v) is 4.01. The number of aromatic nitrogens is 2. The van der Waals surface area contributed by atoms with E-state index >= 15 is 0 Å². The van der Waals surface area contributed by atoms with E-state index in [1.54, 1.807) is 12.4 Å². The first kappa shape index (κ1) is 21.4. The van der Waals surface area contributed by atoms with Gasteiger partial charge in [-0.1, -0.05) is 53.7 Å². The average Bonchev–Trinajstić information content (AvgIpc) is 2.81. The molecule has 2 unspecified atom stereocenters. The van der Waals surface area contributed by atoms with Crippen LogP contribution in [0.5, 0.6) is 0 Å². The van der Waals surface area contributed by atoms with E-state index < -0.39 is 17.7 Å². The minimum atomic E-state index is -0.896. The molecule has 1 heterocycles. The van der Waals surface area contributed by atoms with Crippen LogP contribution in [0.4, 0.5) is 8.78 Å². The van der Waals surface area contributed by atoms with Gasteiger partial charge in [-0.2, -0.15) is 4.91 Å². The van der Waals surface area contributed by atoms with Gasteiger partial charge in [0.05, 0.1) is 0 Å². The third-order valence-electron chi connectivity index (χ3n) is 5.63. The topological polar surface area (TPSA) is 55.2 Å². The van der Waals surface area contributed by atoms with Crippen molar-refractivity contribution in [2.45, 2.75) is 25.3 Å². The van der Waals surface area contributed by atoms with E-state index in [0.717, 1.165) is 33.9 Å². The molecule has 0 radical (unpaired) electrons. The second-order valence-electron chi connectivity index (χ2n) is 7.72. The molecule has 4 nitrogen and oxygen atoms in total. The summed E-state index contributed by atoms with van der Waals surface area (Å²) < 4.78 is 27.6. The van der Waals surface area contributed by atoms with E-state index in [0.29, 0.717) is 0 Å². The normalized spacial score (nSPS) is 12.8. The Hall–Kier alpha value is -3.80. The smallest absolute Gasteiger partial charge is 0.126 e. The second-order valence-corrected chi connectivity index (χ2v) is 7.72. The third-order valence-corrected chi connectivity index (χ3v) is 5.63. The van der Waals surface area contributed by atoms with Crippen molar-refractivity contribution >= 4 is 0 Å². The van der Waals surface area contributed by atoms with E-state index in [9.17, 15) is 13.7 Å². The zero-order valence-corrected chi connectivity index (χ0v) is 17.5. The molecule has 6 heteroatoms. The van der Waals surface area contributed by atoms with Crippen LogP contribution in [0.2, 0.25) is 0 Å². The SMILES string of the molecule is Cc1ccccc1C(CC(N=O)c1cc(F)cc(F)c1)c1ccc(-c2cncnc2)cc1. The van der Waals surface area contributed by atoms with Gasteiger partial charge in [0.25, 0.3) is 0 Å². The Balaban J connectivity index is 1.72. The molecule has 0 spiro atoms. The monoisotopic (exact) mass is 429 g/mol. The molecule has 0 bridgehead atoms. The molecular weight excluding hydrogens is 408 g/mol. The van der Waals surface area contributed by atoms with Crippen molar-refractivity contribution in [2.75, 3.05) is 0 Å². The fourth-order valence-electron chi connectivity index (χ4n) is 4.01. The van der Waals surface area contributed by atoms with Crippen molar-refractivity contribution in [1.82, 2.24) is 9.97 Å². The number of nitroso groups, excluding NO2 is 1. The van der Waals surface area contributed by atoms with Gasteiger partial charge in [0.1, 0.15) is 24.0 Å².